The van der Waals surface area contributed by atoms with Gasteiger partial charge in [0.25, 0.3) is 0 Å². The lowest BCUT2D eigenvalue weighted by molar-refractivity contribution is 0.199. The van der Waals surface area contributed by atoms with E-state index in [1.54, 1.807) is 0 Å². The number of hydrogen-bond donors (Lipinski definition) is 0. The van der Waals surface area contributed by atoms with Crippen molar-refractivity contribution in [2.45, 2.75) is 90.6 Å². The second kappa shape index (κ2) is 8.60. The van der Waals surface area contributed by atoms with Gasteiger partial charge in [-0.2, -0.15) is 11.8 Å². The Hall–Kier alpha value is 0.350. The molecule has 1 heteroatoms. The van der Waals surface area contributed by atoms with Gasteiger partial charge in [-0.15, -0.1) is 0 Å². The molecule has 0 aliphatic heterocycles. The van der Waals surface area contributed by atoms with Crippen LogP contribution in [-0.2, 0) is 0 Å². The SMILES string of the molecule is CCC(SC(C)C(C)C)C(C)C(C)C1CCCCC1. The average Bonchev–Trinajstić information content (AvgIpc) is 2.43. The Balaban J connectivity index is 2.53. The van der Waals surface area contributed by atoms with Gasteiger partial charge in [-0.05, 0) is 30.1 Å². The molecule has 0 spiro atoms. The fraction of sp³-hybridized carbons (Fsp3) is 1.00. The molecule has 19 heavy (non-hydrogen) atoms. The summed E-state index contributed by atoms with van der Waals surface area (Å²) < 4.78 is 0. The molecule has 0 radical (unpaired) electrons. The van der Waals surface area contributed by atoms with E-state index in [1.165, 1.54) is 38.5 Å². The molecule has 0 heterocycles. The van der Waals surface area contributed by atoms with Crippen LogP contribution < -0.4 is 0 Å². The molecule has 1 aliphatic rings. The fourth-order valence-electron chi connectivity index (χ4n) is 3.45. The van der Waals surface area contributed by atoms with Crippen molar-refractivity contribution in [2.75, 3.05) is 0 Å². The van der Waals surface area contributed by atoms with Gasteiger partial charge in [-0.3, -0.25) is 0 Å². The van der Waals surface area contributed by atoms with Crippen molar-refractivity contribution < 1.29 is 0 Å². The van der Waals surface area contributed by atoms with Crippen LogP contribution in [0.1, 0.15) is 80.1 Å². The van der Waals surface area contributed by atoms with E-state index in [9.17, 15) is 0 Å². The van der Waals surface area contributed by atoms with Gasteiger partial charge in [0.2, 0.25) is 0 Å². The quantitative estimate of drug-likeness (QED) is 0.521. The van der Waals surface area contributed by atoms with Crippen molar-refractivity contribution >= 4 is 11.8 Å². The highest BCUT2D eigenvalue weighted by Gasteiger charge is 2.30. The molecule has 4 atom stereocenters. The Labute approximate surface area is 126 Å². The minimum atomic E-state index is 0.797. The van der Waals surface area contributed by atoms with Crippen LogP contribution in [0.25, 0.3) is 0 Å². The molecule has 0 aromatic carbocycles. The fourth-order valence-corrected chi connectivity index (χ4v) is 5.01. The maximum Gasteiger partial charge on any atom is 0.00754 e. The predicted octanol–water partition coefficient (Wildman–Crippen LogP) is 6.40. The van der Waals surface area contributed by atoms with E-state index in [-0.39, 0.29) is 0 Å². The van der Waals surface area contributed by atoms with Crippen LogP contribution in [-0.4, -0.2) is 10.5 Å². The molecule has 0 nitrogen and oxygen atoms in total. The van der Waals surface area contributed by atoms with Crippen LogP contribution in [0.5, 0.6) is 0 Å². The number of hydrogen-bond acceptors (Lipinski definition) is 1. The summed E-state index contributed by atoms with van der Waals surface area (Å²) in [4.78, 5) is 0. The first-order valence-corrected chi connectivity index (χ1v) is 9.57. The smallest absolute Gasteiger partial charge is 0.00754 e. The standard InChI is InChI=1S/C18H36S/c1-7-18(19-16(6)13(2)3)15(5)14(4)17-11-9-8-10-12-17/h13-18H,7-12H2,1-6H3. The first-order valence-electron chi connectivity index (χ1n) is 8.62. The number of thioether (sulfide) groups is 1. The van der Waals surface area contributed by atoms with Gasteiger partial charge in [0.15, 0.2) is 0 Å². The highest BCUT2D eigenvalue weighted by atomic mass is 32.2. The summed E-state index contributed by atoms with van der Waals surface area (Å²) in [6.07, 6.45) is 8.76. The Morgan fingerprint density at radius 1 is 0.947 bits per heavy atom. The van der Waals surface area contributed by atoms with Gasteiger partial charge in [-0.1, -0.05) is 73.6 Å². The maximum atomic E-state index is 2.53. The molecule has 0 aromatic heterocycles. The molecule has 0 bridgehead atoms. The average molecular weight is 285 g/mol. The summed E-state index contributed by atoms with van der Waals surface area (Å²) >= 11 is 2.25. The van der Waals surface area contributed by atoms with E-state index < -0.39 is 0 Å². The monoisotopic (exact) mass is 284 g/mol. The van der Waals surface area contributed by atoms with Gasteiger partial charge in [0.1, 0.15) is 0 Å². The van der Waals surface area contributed by atoms with Crippen molar-refractivity contribution in [3.8, 4) is 0 Å². The van der Waals surface area contributed by atoms with Crippen molar-refractivity contribution in [3.05, 3.63) is 0 Å². The molecule has 114 valence electrons. The van der Waals surface area contributed by atoms with Crippen molar-refractivity contribution in [1.82, 2.24) is 0 Å². The molecule has 0 amide bonds. The molecule has 0 N–H and O–H groups in total. The van der Waals surface area contributed by atoms with Gasteiger partial charge >= 0.3 is 0 Å². The summed E-state index contributed by atoms with van der Waals surface area (Å²) in [5.74, 6) is 3.60. The molecular formula is C18H36S. The third-order valence-corrected chi connectivity index (χ3v) is 7.63. The Morgan fingerprint density at radius 2 is 1.53 bits per heavy atom. The summed E-state index contributed by atoms with van der Waals surface area (Å²) in [6, 6.07) is 0. The first-order chi connectivity index (χ1) is 8.97. The zero-order valence-corrected chi connectivity index (χ0v) is 14.9. The Kier molecular flexibility index (Phi) is 7.87. The molecule has 1 rings (SSSR count). The molecule has 1 fully saturated rings. The van der Waals surface area contributed by atoms with Crippen LogP contribution in [0.4, 0.5) is 0 Å². The normalized spacial score (nSPS) is 24.2. The van der Waals surface area contributed by atoms with Crippen LogP contribution in [0.3, 0.4) is 0 Å². The third kappa shape index (κ3) is 5.33. The lowest BCUT2D eigenvalue weighted by Crippen LogP contribution is -2.29. The van der Waals surface area contributed by atoms with Crippen molar-refractivity contribution in [2.24, 2.45) is 23.7 Å². The third-order valence-electron chi connectivity index (χ3n) is 5.54. The molecule has 4 unspecified atom stereocenters. The largest absolute Gasteiger partial charge is 0.155 e. The lowest BCUT2D eigenvalue weighted by Gasteiger charge is -2.36. The van der Waals surface area contributed by atoms with Crippen LogP contribution in [0, 0.1) is 23.7 Å². The summed E-state index contributed by atoms with van der Waals surface area (Å²) in [6.45, 7) is 14.6. The zero-order valence-electron chi connectivity index (χ0n) is 14.1. The number of rotatable bonds is 7. The first kappa shape index (κ1) is 17.4. The van der Waals surface area contributed by atoms with Gasteiger partial charge in [0, 0.05) is 10.5 Å². The topological polar surface area (TPSA) is 0 Å². The van der Waals surface area contributed by atoms with E-state index in [1.807, 2.05) is 0 Å². The van der Waals surface area contributed by atoms with E-state index in [0.29, 0.717) is 0 Å². The van der Waals surface area contributed by atoms with Gasteiger partial charge in [-0.25, -0.2) is 0 Å². The van der Waals surface area contributed by atoms with Crippen LogP contribution in [0.15, 0.2) is 0 Å². The molecule has 1 saturated carbocycles. The molecular weight excluding hydrogens is 248 g/mol. The second-order valence-electron chi connectivity index (χ2n) is 7.15. The van der Waals surface area contributed by atoms with Crippen molar-refractivity contribution in [1.29, 1.82) is 0 Å². The van der Waals surface area contributed by atoms with E-state index in [2.05, 4.69) is 53.3 Å². The van der Waals surface area contributed by atoms with Crippen LogP contribution in [0.2, 0.25) is 0 Å². The zero-order chi connectivity index (χ0) is 14.4. The van der Waals surface area contributed by atoms with E-state index in [4.69, 9.17) is 0 Å². The van der Waals surface area contributed by atoms with E-state index in [0.717, 1.165) is 34.2 Å². The summed E-state index contributed by atoms with van der Waals surface area (Å²) in [5, 5.41) is 1.65. The van der Waals surface area contributed by atoms with Crippen molar-refractivity contribution in [3.63, 3.8) is 0 Å². The van der Waals surface area contributed by atoms with Gasteiger partial charge in [0.05, 0.1) is 0 Å². The maximum absolute atomic E-state index is 2.53. The molecule has 0 aromatic rings. The highest BCUT2D eigenvalue weighted by molar-refractivity contribution is 8.00. The highest BCUT2D eigenvalue weighted by Crippen LogP contribution is 2.40. The lowest BCUT2D eigenvalue weighted by atomic mass is 9.74. The van der Waals surface area contributed by atoms with Crippen LogP contribution >= 0.6 is 11.8 Å². The minimum absolute atomic E-state index is 0.797. The Morgan fingerprint density at radius 3 is 2.00 bits per heavy atom. The Bertz CT molecular complexity index is 230. The minimum Gasteiger partial charge on any atom is -0.155 e. The summed E-state index contributed by atoms with van der Waals surface area (Å²) in [5.41, 5.74) is 0. The molecule has 0 saturated heterocycles. The predicted molar refractivity (Wildman–Crippen MR) is 90.9 cm³/mol. The summed E-state index contributed by atoms with van der Waals surface area (Å²) in [7, 11) is 0. The molecule has 1 aliphatic carbocycles. The van der Waals surface area contributed by atoms with Gasteiger partial charge < -0.3 is 0 Å². The second-order valence-corrected chi connectivity index (χ2v) is 8.77. The van der Waals surface area contributed by atoms with E-state index >= 15 is 0 Å².